The Hall–Kier alpha value is -2.62. The summed E-state index contributed by atoms with van der Waals surface area (Å²) in [5, 5.41) is 2.76. The van der Waals surface area contributed by atoms with E-state index in [1.54, 1.807) is 30.3 Å². The molecule has 0 spiro atoms. The summed E-state index contributed by atoms with van der Waals surface area (Å²) in [6.45, 7) is 2.46. The summed E-state index contributed by atoms with van der Waals surface area (Å²) in [7, 11) is 0. The highest BCUT2D eigenvalue weighted by Gasteiger charge is 2.07. The first-order chi connectivity index (χ1) is 9.61. The van der Waals surface area contributed by atoms with Crippen LogP contribution in [0.1, 0.15) is 27.6 Å². The molecule has 0 aromatic heterocycles. The van der Waals surface area contributed by atoms with Crippen LogP contribution < -0.4 is 11.1 Å². The molecule has 0 fully saturated rings. The van der Waals surface area contributed by atoms with Gasteiger partial charge in [-0.2, -0.15) is 0 Å². The zero-order valence-electron chi connectivity index (χ0n) is 11.2. The molecular weight excluding hydrogens is 252 g/mol. The van der Waals surface area contributed by atoms with Gasteiger partial charge in [0, 0.05) is 17.7 Å². The second kappa shape index (κ2) is 6.02. The average Bonchev–Trinajstić information content (AvgIpc) is 2.48. The fourth-order valence-corrected chi connectivity index (χ4v) is 1.95. The molecule has 4 nitrogen and oxygen atoms in total. The normalized spacial score (nSPS) is 10.1. The largest absolute Gasteiger partial charge is 0.366 e. The quantitative estimate of drug-likeness (QED) is 0.892. The van der Waals surface area contributed by atoms with Crippen molar-refractivity contribution in [3.63, 3.8) is 0 Å². The lowest BCUT2D eigenvalue weighted by atomic mass is 10.0. The molecule has 0 unspecified atom stereocenters. The molecule has 2 aromatic rings. The zero-order chi connectivity index (χ0) is 14.5. The van der Waals surface area contributed by atoms with Crippen molar-refractivity contribution in [3.05, 3.63) is 59.7 Å². The van der Waals surface area contributed by atoms with Crippen LogP contribution in [-0.2, 0) is 0 Å². The van der Waals surface area contributed by atoms with Gasteiger partial charge in [-0.1, -0.05) is 24.3 Å². The van der Waals surface area contributed by atoms with E-state index in [9.17, 15) is 9.59 Å². The second-order valence-corrected chi connectivity index (χ2v) is 4.39. The van der Waals surface area contributed by atoms with Gasteiger partial charge in [-0.25, -0.2) is 0 Å². The number of benzene rings is 2. The first kappa shape index (κ1) is 13.8. The first-order valence-electron chi connectivity index (χ1n) is 6.40. The molecule has 0 bridgehead atoms. The SMILES string of the molecule is CCNC(=O)c1cccc(-c2cccc(C(N)=O)c2)c1. The Balaban J connectivity index is 2.38. The summed E-state index contributed by atoms with van der Waals surface area (Å²) in [5.41, 5.74) is 8.04. The molecule has 102 valence electrons. The van der Waals surface area contributed by atoms with Crippen molar-refractivity contribution >= 4 is 11.8 Å². The van der Waals surface area contributed by atoms with Gasteiger partial charge in [0.25, 0.3) is 5.91 Å². The summed E-state index contributed by atoms with van der Waals surface area (Å²) >= 11 is 0. The number of primary amides is 1. The number of hydrogen-bond donors (Lipinski definition) is 2. The van der Waals surface area contributed by atoms with E-state index >= 15 is 0 Å². The number of hydrogen-bond acceptors (Lipinski definition) is 2. The molecule has 0 atom stereocenters. The Morgan fingerprint density at radius 1 is 1.00 bits per heavy atom. The van der Waals surface area contributed by atoms with Crippen molar-refractivity contribution in [3.8, 4) is 11.1 Å². The number of amides is 2. The van der Waals surface area contributed by atoms with E-state index in [0.717, 1.165) is 11.1 Å². The van der Waals surface area contributed by atoms with Crippen molar-refractivity contribution < 1.29 is 9.59 Å². The highest BCUT2D eigenvalue weighted by molar-refractivity contribution is 5.96. The molecule has 0 saturated carbocycles. The number of rotatable bonds is 4. The molecule has 0 aliphatic carbocycles. The maximum atomic E-state index is 11.8. The van der Waals surface area contributed by atoms with Gasteiger partial charge >= 0.3 is 0 Å². The molecule has 0 heterocycles. The van der Waals surface area contributed by atoms with Gasteiger partial charge in [0.05, 0.1) is 0 Å². The maximum absolute atomic E-state index is 11.8. The third-order valence-corrected chi connectivity index (χ3v) is 2.94. The Bertz CT molecular complexity index is 650. The minimum absolute atomic E-state index is 0.111. The standard InChI is InChI=1S/C16H16N2O2/c1-2-18-16(20)14-8-4-6-12(10-14)11-5-3-7-13(9-11)15(17)19/h3-10H,2H2,1H3,(H2,17,19)(H,18,20). The van der Waals surface area contributed by atoms with Gasteiger partial charge in [0.15, 0.2) is 0 Å². The summed E-state index contributed by atoms with van der Waals surface area (Å²) in [5.74, 6) is -0.577. The van der Waals surface area contributed by atoms with Crippen molar-refractivity contribution in [2.75, 3.05) is 6.54 Å². The van der Waals surface area contributed by atoms with Gasteiger partial charge in [-0.3, -0.25) is 9.59 Å². The minimum atomic E-state index is -0.466. The molecule has 0 radical (unpaired) electrons. The lowest BCUT2D eigenvalue weighted by Crippen LogP contribution is -2.22. The lowest BCUT2D eigenvalue weighted by Gasteiger charge is -2.07. The fourth-order valence-electron chi connectivity index (χ4n) is 1.95. The van der Waals surface area contributed by atoms with E-state index < -0.39 is 5.91 Å². The fraction of sp³-hybridized carbons (Fsp3) is 0.125. The molecule has 2 aromatic carbocycles. The second-order valence-electron chi connectivity index (χ2n) is 4.39. The van der Waals surface area contributed by atoms with Gasteiger partial charge in [-0.15, -0.1) is 0 Å². The van der Waals surface area contributed by atoms with Crippen LogP contribution in [0.2, 0.25) is 0 Å². The number of carbonyl (C=O) groups excluding carboxylic acids is 2. The predicted octanol–water partition coefficient (Wildman–Crippen LogP) is 2.20. The van der Waals surface area contributed by atoms with E-state index in [0.29, 0.717) is 17.7 Å². The maximum Gasteiger partial charge on any atom is 0.251 e. The van der Waals surface area contributed by atoms with Crippen molar-refractivity contribution in [1.29, 1.82) is 0 Å². The molecule has 0 aliphatic rings. The third-order valence-electron chi connectivity index (χ3n) is 2.94. The Labute approximate surface area is 117 Å². The summed E-state index contributed by atoms with van der Waals surface area (Å²) in [6.07, 6.45) is 0. The summed E-state index contributed by atoms with van der Waals surface area (Å²) in [6, 6.07) is 14.3. The third kappa shape index (κ3) is 3.03. The molecule has 2 amide bonds. The Kier molecular flexibility index (Phi) is 4.15. The Morgan fingerprint density at radius 3 is 2.10 bits per heavy atom. The van der Waals surface area contributed by atoms with E-state index in [-0.39, 0.29) is 5.91 Å². The van der Waals surface area contributed by atoms with Crippen molar-refractivity contribution in [1.82, 2.24) is 5.32 Å². The van der Waals surface area contributed by atoms with Crippen LogP contribution in [0.25, 0.3) is 11.1 Å². The van der Waals surface area contributed by atoms with Crippen LogP contribution in [-0.4, -0.2) is 18.4 Å². The minimum Gasteiger partial charge on any atom is -0.366 e. The zero-order valence-corrected chi connectivity index (χ0v) is 11.2. The molecule has 20 heavy (non-hydrogen) atoms. The predicted molar refractivity (Wildman–Crippen MR) is 78.4 cm³/mol. The molecule has 2 rings (SSSR count). The van der Waals surface area contributed by atoms with Crippen LogP contribution in [0.15, 0.2) is 48.5 Å². The Morgan fingerprint density at radius 2 is 1.55 bits per heavy atom. The summed E-state index contributed by atoms with van der Waals surface area (Å²) in [4.78, 5) is 23.0. The van der Waals surface area contributed by atoms with E-state index in [1.807, 2.05) is 25.1 Å². The molecule has 0 aliphatic heterocycles. The topological polar surface area (TPSA) is 72.2 Å². The monoisotopic (exact) mass is 268 g/mol. The number of nitrogens with two attached hydrogens (primary N) is 1. The lowest BCUT2D eigenvalue weighted by molar-refractivity contribution is 0.0954. The van der Waals surface area contributed by atoms with Gasteiger partial charge in [0.2, 0.25) is 5.91 Å². The average molecular weight is 268 g/mol. The van der Waals surface area contributed by atoms with Crippen molar-refractivity contribution in [2.24, 2.45) is 5.73 Å². The van der Waals surface area contributed by atoms with E-state index in [4.69, 9.17) is 5.73 Å². The van der Waals surface area contributed by atoms with Crippen LogP contribution in [0.3, 0.4) is 0 Å². The van der Waals surface area contributed by atoms with Crippen LogP contribution >= 0.6 is 0 Å². The van der Waals surface area contributed by atoms with Crippen LogP contribution in [0.4, 0.5) is 0 Å². The summed E-state index contributed by atoms with van der Waals surface area (Å²) < 4.78 is 0. The molecule has 3 N–H and O–H groups in total. The van der Waals surface area contributed by atoms with Gasteiger partial charge in [0.1, 0.15) is 0 Å². The van der Waals surface area contributed by atoms with Gasteiger partial charge < -0.3 is 11.1 Å². The van der Waals surface area contributed by atoms with E-state index in [2.05, 4.69) is 5.32 Å². The van der Waals surface area contributed by atoms with Crippen molar-refractivity contribution in [2.45, 2.75) is 6.92 Å². The smallest absolute Gasteiger partial charge is 0.251 e. The highest BCUT2D eigenvalue weighted by Crippen LogP contribution is 2.21. The van der Waals surface area contributed by atoms with E-state index in [1.165, 1.54) is 0 Å². The first-order valence-corrected chi connectivity index (χ1v) is 6.40. The van der Waals surface area contributed by atoms with Crippen LogP contribution in [0.5, 0.6) is 0 Å². The van der Waals surface area contributed by atoms with Crippen LogP contribution in [0, 0.1) is 0 Å². The molecule has 0 saturated heterocycles. The number of carbonyl (C=O) groups is 2. The molecular formula is C16H16N2O2. The number of nitrogens with one attached hydrogen (secondary N) is 1. The molecule has 4 heteroatoms. The highest BCUT2D eigenvalue weighted by atomic mass is 16.2. The van der Waals surface area contributed by atoms with Gasteiger partial charge in [-0.05, 0) is 42.3 Å².